The van der Waals surface area contributed by atoms with Gasteiger partial charge in [0.05, 0.1) is 10.7 Å². The van der Waals surface area contributed by atoms with Crippen molar-refractivity contribution in [1.82, 2.24) is 10.3 Å². The maximum atomic E-state index is 5.87. The quantitative estimate of drug-likeness (QED) is 0.914. The number of ether oxygens (including phenoxy) is 1. The van der Waals surface area contributed by atoms with E-state index in [1.807, 2.05) is 7.05 Å². The molecule has 20 heavy (non-hydrogen) atoms. The smallest absolute Gasteiger partial charge is 0.131 e. The molecule has 1 atom stereocenters. The normalized spacial score (nSPS) is 17.2. The predicted octanol–water partition coefficient (Wildman–Crippen LogP) is 3.49. The van der Waals surface area contributed by atoms with Crippen molar-refractivity contribution in [2.24, 2.45) is 0 Å². The van der Waals surface area contributed by atoms with E-state index in [0.29, 0.717) is 12.6 Å². The number of benzene rings is 1. The highest BCUT2D eigenvalue weighted by atomic mass is 32.1. The van der Waals surface area contributed by atoms with Crippen LogP contribution in [0.1, 0.15) is 41.2 Å². The Morgan fingerprint density at radius 3 is 3.10 bits per heavy atom. The van der Waals surface area contributed by atoms with Gasteiger partial charge < -0.3 is 10.1 Å². The SMILES string of the molecule is CCc1nc(COc2ccc3c(c2)CCC3NC)cs1. The van der Waals surface area contributed by atoms with Crippen LogP contribution in [0.4, 0.5) is 0 Å². The number of nitrogens with zero attached hydrogens (tertiary/aromatic N) is 1. The topological polar surface area (TPSA) is 34.1 Å². The summed E-state index contributed by atoms with van der Waals surface area (Å²) in [7, 11) is 2.03. The molecule has 0 fully saturated rings. The Kier molecular flexibility index (Phi) is 4.03. The van der Waals surface area contributed by atoms with Crippen LogP contribution in [0, 0.1) is 0 Å². The van der Waals surface area contributed by atoms with Gasteiger partial charge in [-0.15, -0.1) is 11.3 Å². The second kappa shape index (κ2) is 5.94. The van der Waals surface area contributed by atoms with E-state index in [0.717, 1.165) is 24.3 Å². The first-order chi connectivity index (χ1) is 9.80. The minimum atomic E-state index is 0.504. The number of aryl methyl sites for hydroxylation is 2. The molecule has 106 valence electrons. The van der Waals surface area contributed by atoms with Crippen molar-refractivity contribution in [2.45, 2.75) is 38.8 Å². The van der Waals surface area contributed by atoms with Crippen LogP contribution in [-0.4, -0.2) is 12.0 Å². The number of hydrogen-bond acceptors (Lipinski definition) is 4. The van der Waals surface area contributed by atoms with E-state index in [1.54, 1.807) is 11.3 Å². The van der Waals surface area contributed by atoms with Gasteiger partial charge >= 0.3 is 0 Å². The van der Waals surface area contributed by atoms with Crippen LogP contribution in [0.25, 0.3) is 0 Å². The molecule has 1 N–H and O–H groups in total. The molecule has 4 heteroatoms. The highest BCUT2D eigenvalue weighted by molar-refractivity contribution is 7.09. The Bertz CT molecular complexity index is 594. The van der Waals surface area contributed by atoms with Crippen molar-refractivity contribution >= 4 is 11.3 Å². The van der Waals surface area contributed by atoms with Crippen molar-refractivity contribution in [1.29, 1.82) is 0 Å². The Morgan fingerprint density at radius 1 is 1.45 bits per heavy atom. The second-order valence-corrected chi connectivity index (χ2v) is 6.06. The van der Waals surface area contributed by atoms with E-state index in [-0.39, 0.29) is 0 Å². The molecule has 1 unspecified atom stereocenters. The zero-order valence-electron chi connectivity index (χ0n) is 12.0. The van der Waals surface area contributed by atoms with E-state index in [9.17, 15) is 0 Å². The van der Waals surface area contributed by atoms with Gasteiger partial charge in [0.25, 0.3) is 0 Å². The summed E-state index contributed by atoms with van der Waals surface area (Å²) in [6, 6.07) is 6.95. The summed E-state index contributed by atoms with van der Waals surface area (Å²) in [6.45, 7) is 2.69. The molecule has 0 saturated heterocycles. The summed E-state index contributed by atoms with van der Waals surface area (Å²) in [4.78, 5) is 4.53. The van der Waals surface area contributed by atoms with E-state index < -0.39 is 0 Å². The average molecular weight is 288 g/mol. The van der Waals surface area contributed by atoms with Crippen LogP contribution >= 0.6 is 11.3 Å². The molecule has 0 spiro atoms. The third-order valence-electron chi connectivity index (χ3n) is 3.83. The highest BCUT2D eigenvalue weighted by Crippen LogP contribution is 2.33. The van der Waals surface area contributed by atoms with Crippen molar-refractivity contribution in [3.63, 3.8) is 0 Å². The van der Waals surface area contributed by atoms with Crippen molar-refractivity contribution in [3.8, 4) is 5.75 Å². The van der Waals surface area contributed by atoms with Gasteiger partial charge in [-0.2, -0.15) is 0 Å². The molecule has 1 aliphatic carbocycles. The number of nitrogens with one attached hydrogen (secondary N) is 1. The van der Waals surface area contributed by atoms with E-state index in [4.69, 9.17) is 4.74 Å². The summed E-state index contributed by atoms with van der Waals surface area (Å²) >= 11 is 1.71. The van der Waals surface area contributed by atoms with Gasteiger partial charge in [-0.1, -0.05) is 13.0 Å². The summed E-state index contributed by atoms with van der Waals surface area (Å²) in [5, 5.41) is 6.62. The van der Waals surface area contributed by atoms with Crippen LogP contribution in [0.3, 0.4) is 0 Å². The standard InChI is InChI=1S/C16H20N2OS/c1-3-16-18-12(10-20-16)9-19-13-5-6-14-11(8-13)4-7-15(14)17-2/h5-6,8,10,15,17H,3-4,7,9H2,1-2H3. The molecular formula is C16H20N2OS. The summed E-state index contributed by atoms with van der Waals surface area (Å²) < 4.78 is 5.87. The number of fused-ring (bicyclic) bond motifs is 1. The van der Waals surface area contributed by atoms with Crippen LogP contribution in [-0.2, 0) is 19.4 Å². The van der Waals surface area contributed by atoms with Gasteiger partial charge in [-0.3, -0.25) is 0 Å². The lowest BCUT2D eigenvalue weighted by Gasteiger charge is -2.11. The Hall–Kier alpha value is -1.39. The lowest BCUT2D eigenvalue weighted by atomic mass is 10.1. The minimum absolute atomic E-state index is 0.504. The molecule has 3 rings (SSSR count). The number of thiazole rings is 1. The third kappa shape index (κ3) is 2.72. The van der Waals surface area contributed by atoms with Gasteiger partial charge in [-0.25, -0.2) is 4.98 Å². The Morgan fingerprint density at radius 2 is 2.35 bits per heavy atom. The van der Waals surface area contributed by atoms with E-state index in [1.165, 1.54) is 22.6 Å². The zero-order chi connectivity index (χ0) is 13.9. The first-order valence-electron chi connectivity index (χ1n) is 7.16. The van der Waals surface area contributed by atoms with Crippen LogP contribution in [0.2, 0.25) is 0 Å². The predicted molar refractivity (Wildman–Crippen MR) is 82.4 cm³/mol. The molecule has 0 saturated carbocycles. The van der Waals surface area contributed by atoms with Gasteiger partial charge in [0.15, 0.2) is 0 Å². The molecule has 1 heterocycles. The number of hydrogen-bond donors (Lipinski definition) is 1. The fraction of sp³-hybridized carbons (Fsp3) is 0.438. The molecule has 1 aliphatic rings. The summed E-state index contributed by atoms with van der Waals surface area (Å²) in [6.07, 6.45) is 3.31. The van der Waals surface area contributed by atoms with E-state index in [2.05, 4.69) is 40.8 Å². The Balaban J connectivity index is 1.67. The van der Waals surface area contributed by atoms with Crippen molar-refractivity contribution < 1.29 is 4.74 Å². The molecule has 2 aromatic rings. The summed E-state index contributed by atoms with van der Waals surface area (Å²) in [5.41, 5.74) is 3.86. The molecule has 1 aromatic heterocycles. The lowest BCUT2D eigenvalue weighted by Crippen LogP contribution is -2.12. The largest absolute Gasteiger partial charge is 0.487 e. The summed E-state index contributed by atoms with van der Waals surface area (Å²) in [5.74, 6) is 0.951. The van der Waals surface area contributed by atoms with Crippen LogP contribution in [0.15, 0.2) is 23.6 Å². The van der Waals surface area contributed by atoms with Crippen molar-refractivity contribution in [2.75, 3.05) is 7.05 Å². The second-order valence-electron chi connectivity index (χ2n) is 5.12. The zero-order valence-corrected chi connectivity index (χ0v) is 12.8. The Labute approximate surface area is 124 Å². The number of rotatable bonds is 5. The maximum Gasteiger partial charge on any atom is 0.131 e. The molecule has 3 nitrogen and oxygen atoms in total. The van der Waals surface area contributed by atoms with Crippen molar-refractivity contribution in [3.05, 3.63) is 45.4 Å². The monoisotopic (exact) mass is 288 g/mol. The van der Waals surface area contributed by atoms with Crippen LogP contribution < -0.4 is 10.1 Å². The molecule has 1 aromatic carbocycles. The molecule has 0 bridgehead atoms. The molecule has 0 aliphatic heterocycles. The first-order valence-corrected chi connectivity index (χ1v) is 8.04. The molecule has 0 radical (unpaired) electrons. The highest BCUT2D eigenvalue weighted by Gasteiger charge is 2.21. The van der Waals surface area contributed by atoms with Gasteiger partial charge in [-0.05, 0) is 49.6 Å². The maximum absolute atomic E-state index is 5.87. The van der Waals surface area contributed by atoms with Gasteiger partial charge in [0, 0.05) is 11.4 Å². The fourth-order valence-corrected chi connectivity index (χ4v) is 3.45. The molecular weight excluding hydrogens is 268 g/mol. The fourth-order valence-electron chi connectivity index (χ4n) is 2.72. The third-order valence-corrected chi connectivity index (χ3v) is 4.87. The van der Waals surface area contributed by atoms with E-state index >= 15 is 0 Å². The minimum Gasteiger partial charge on any atom is -0.487 e. The lowest BCUT2D eigenvalue weighted by molar-refractivity contribution is 0.301. The number of aromatic nitrogens is 1. The van der Waals surface area contributed by atoms with Gasteiger partial charge in [0.1, 0.15) is 12.4 Å². The molecule has 0 amide bonds. The van der Waals surface area contributed by atoms with Gasteiger partial charge in [0.2, 0.25) is 0 Å². The average Bonchev–Trinajstić information content (AvgIpc) is 3.10. The van der Waals surface area contributed by atoms with Crippen LogP contribution in [0.5, 0.6) is 5.75 Å². The first kappa shape index (κ1) is 13.6.